The Balaban J connectivity index is 2.14. The lowest BCUT2D eigenvalue weighted by Crippen LogP contribution is -2.29. The van der Waals surface area contributed by atoms with Gasteiger partial charge >= 0.3 is 0 Å². The van der Waals surface area contributed by atoms with Crippen molar-refractivity contribution >= 4 is 27.5 Å². The summed E-state index contributed by atoms with van der Waals surface area (Å²) in [5.41, 5.74) is 2.44. The topological polar surface area (TPSA) is 37.6 Å². The van der Waals surface area contributed by atoms with E-state index in [-0.39, 0.29) is 5.91 Å². The number of likely N-dealkylation sites (tertiary alicyclic amines) is 1. The average Bonchev–Trinajstić information content (AvgIpc) is 3.04. The molecule has 2 aromatic heterocycles. The molecule has 0 atom stereocenters. The smallest absolute Gasteiger partial charge is 0.272 e. The Morgan fingerprint density at radius 2 is 2.11 bits per heavy atom. The number of imidazole rings is 1. The Labute approximate surface area is 120 Å². The minimum atomic E-state index is 0.111. The van der Waals surface area contributed by atoms with Crippen molar-refractivity contribution < 1.29 is 4.79 Å². The molecule has 1 saturated heterocycles. The molecule has 100 valence electrons. The van der Waals surface area contributed by atoms with E-state index in [4.69, 9.17) is 0 Å². The predicted octanol–water partition coefficient (Wildman–Crippen LogP) is 2.90. The highest BCUT2D eigenvalue weighted by atomic mass is 79.9. The molecule has 3 heterocycles. The van der Waals surface area contributed by atoms with Crippen LogP contribution >= 0.6 is 15.9 Å². The molecule has 1 aliphatic heterocycles. The summed E-state index contributed by atoms with van der Waals surface area (Å²) in [7, 11) is 0. The maximum Gasteiger partial charge on any atom is 0.272 e. The van der Waals surface area contributed by atoms with Crippen LogP contribution < -0.4 is 0 Å². The lowest BCUT2D eigenvalue weighted by atomic mass is 10.2. The van der Waals surface area contributed by atoms with Gasteiger partial charge in [-0.05, 0) is 47.3 Å². The van der Waals surface area contributed by atoms with Crippen LogP contribution in [0.15, 0.2) is 22.8 Å². The van der Waals surface area contributed by atoms with Crippen molar-refractivity contribution in [1.29, 1.82) is 0 Å². The lowest BCUT2D eigenvalue weighted by molar-refractivity contribution is 0.0785. The van der Waals surface area contributed by atoms with Crippen LogP contribution in [-0.4, -0.2) is 33.3 Å². The number of carbonyl (C=O) groups is 1. The summed E-state index contributed by atoms with van der Waals surface area (Å²) in [6, 6.07) is 3.88. The molecule has 2 aromatic rings. The van der Waals surface area contributed by atoms with Crippen LogP contribution in [0.1, 0.15) is 35.9 Å². The van der Waals surface area contributed by atoms with E-state index in [2.05, 4.69) is 20.9 Å². The molecule has 4 nitrogen and oxygen atoms in total. The summed E-state index contributed by atoms with van der Waals surface area (Å²) < 4.78 is 2.86. The average molecular weight is 322 g/mol. The molecule has 0 aliphatic carbocycles. The van der Waals surface area contributed by atoms with E-state index < -0.39 is 0 Å². The number of rotatable bonds is 2. The fraction of sp³-hybridized carbons (Fsp3) is 0.429. The normalized spacial score (nSPS) is 15.4. The first-order chi connectivity index (χ1) is 9.20. The molecule has 19 heavy (non-hydrogen) atoms. The SMILES string of the molecule is CCc1nc2ccc(Br)cn2c1C(=O)N1CCCC1. The Morgan fingerprint density at radius 1 is 1.37 bits per heavy atom. The first kappa shape index (κ1) is 12.7. The zero-order valence-electron chi connectivity index (χ0n) is 10.9. The van der Waals surface area contributed by atoms with E-state index in [0.29, 0.717) is 0 Å². The Bertz CT molecular complexity index is 629. The first-order valence-corrected chi connectivity index (χ1v) is 7.45. The summed E-state index contributed by atoms with van der Waals surface area (Å²) in [4.78, 5) is 19.2. The van der Waals surface area contributed by atoms with Crippen molar-refractivity contribution in [3.63, 3.8) is 0 Å². The van der Waals surface area contributed by atoms with Gasteiger partial charge in [0.05, 0.1) is 5.69 Å². The van der Waals surface area contributed by atoms with Gasteiger partial charge in [0.15, 0.2) is 0 Å². The van der Waals surface area contributed by atoms with Crippen molar-refractivity contribution in [1.82, 2.24) is 14.3 Å². The third-order valence-electron chi connectivity index (χ3n) is 3.59. The second kappa shape index (κ2) is 4.96. The number of hydrogen-bond donors (Lipinski definition) is 0. The van der Waals surface area contributed by atoms with Gasteiger partial charge in [0, 0.05) is 23.8 Å². The number of nitrogens with zero attached hydrogens (tertiary/aromatic N) is 3. The summed E-state index contributed by atoms with van der Waals surface area (Å²) in [5.74, 6) is 0.111. The van der Waals surface area contributed by atoms with Crippen molar-refractivity contribution in [3.8, 4) is 0 Å². The highest BCUT2D eigenvalue weighted by Crippen LogP contribution is 2.21. The first-order valence-electron chi connectivity index (χ1n) is 6.66. The van der Waals surface area contributed by atoms with E-state index in [1.807, 2.05) is 34.6 Å². The van der Waals surface area contributed by atoms with Crippen LogP contribution in [0.25, 0.3) is 5.65 Å². The van der Waals surface area contributed by atoms with Crippen LogP contribution in [-0.2, 0) is 6.42 Å². The number of fused-ring (bicyclic) bond motifs is 1. The second-order valence-corrected chi connectivity index (χ2v) is 5.75. The number of carbonyl (C=O) groups excluding carboxylic acids is 1. The summed E-state index contributed by atoms with van der Waals surface area (Å²) in [6.45, 7) is 3.77. The van der Waals surface area contributed by atoms with Gasteiger partial charge in [0.25, 0.3) is 5.91 Å². The molecule has 0 saturated carbocycles. The van der Waals surface area contributed by atoms with Crippen LogP contribution in [0, 0.1) is 0 Å². The fourth-order valence-electron chi connectivity index (χ4n) is 2.61. The molecule has 1 amide bonds. The van der Waals surface area contributed by atoms with Crippen molar-refractivity contribution in [2.24, 2.45) is 0 Å². The molecule has 1 aliphatic rings. The van der Waals surface area contributed by atoms with Gasteiger partial charge in [0.1, 0.15) is 11.3 Å². The summed E-state index contributed by atoms with van der Waals surface area (Å²) in [5, 5.41) is 0. The van der Waals surface area contributed by atoms with Crippen molar-refractivity contribution in [2.75, 3.05) is 13.1 Å². The van der Waals surface area contributed by atoms with Gasteiger partial charge in [-0.1, -0.05) is 6.92 Å². The third kappa shape index (κ3) is 2.16. The summed E-state index contributed by atoms with van der Waals surface area (Å²) >= 11 is 3.46. The quantitative estimate of drug-likeness (QED) is 0.853. The van der Waals surface area contributed by atoms with Crippen molar-refractivity contribution in [3.05, 3.63) is 34.2 Å². The van der Waals surface area contributed by atoms with Crippen LogP contribution in [0.2, 0.25) is 0 Å². The molecule has 5 heteroatoms. The molecular weight excluding hydrogens is 306 g/mol. The minimum Gasteiger partial charge on any atom is -0.337 e. The van der Waals surface area contributed by atoms with Crippen LogP contribution in [0.4, 0.5) is 0 Å². The minimum absolute atomic E-state index is 0.111. The molecule has 0 aromatic carbocycles. The monoisotopic (exact) mass is 321 g/mol. The Kier molecular flexibility index (Phi) is 3.31. The Hall–Kier alpha value is -1.36. The standard InChI is InChI=1S/C14H16BrN3O/c1-2-11-13(14(19)17-7-3-4-8-17)18-9-10(15)5-6-12(18)16-11/h5-6,9H,2-4,7-8H2,1H3. The van der Waals surface area contributed by atoms with E-state index in [1.54, 1.807) is 0 Å². The number of aryl methyl sites for hydroxylation is 1. The van der Waals surface area contributed by atoms with E-state index in [1.165, 1.54) is 0 Å². The highest BCUT2D eigenvalue weighted by molar-refractivity contribution is 9.10. The van der Waals surface area contributed by atoms with Gasteiger partial charge in [-0.25, -0.2) is 4.98 Å². The van der Waals surface area contributed by atoms with Crippen LogP contribution in [0.5, 0.6) is 0 Å². The molecule has 0 unspecified atom stereocenters. The number of pyridine rings is 1. The highest BCUT2D eigenvalue weighted by Gasteiger charge is 2.25. The number of halogens is 1. The number of amides is 1. The number of aromatic nitrogens is 2. The maximum absolute atomic E-state index is 12.7. The predicted molar refractivity (Wildman–Crippen MR) is 77.4 cm³/mol. The van der Waals surface area contributed by atoms with Gasteiger partial charge < -0.3 is 4.90 Å². The maximum atomic E-state index is 12.7. The molecule has 1 fully saturated rings. The van der Waals surface area contributed by atoms with E-state index in [9.17, 15) is 4.79 Å². The Morgan fingerprint density at radius 3 is 2.79 bits per heavy atom. The fourth-order valence-corrected chi connectivity index (χ4v) is 2.95. The molecule has 0 radical (unpaired) electrons. The number of hydrogen-bond acceptors (Lipinski definition) is 2. The van der Waals surface area contributed by atoms with Crippen LogP contribution in [0.3, 0.4) is 0 Å². The largest absolute Gasteiger partial charge is 0.337 e. The molecule has 0 N–H and O–H groups in total. The van der Waals surface area contributed by atoms with Gasteiger partial charge in [0.2, 0.25) is 0 Å². The third-order valence-corrected chi connectivity index (χ3v) is 4.05. The molecule has 0 spiro atoms. The van der Waals surface area contributed by atoms with Gasteiger partial charge in [-0.15, -0.1) is 0 Å². The lowest BCUT2D eigenvalue weighted by Gasteiger charge is -2.15. The zero-order chi connectivity index (χ0) is 13.4. The molecular formula is C14H16BrN3O. The van der Waals surface area contributed by atoms with E-state index in [0.717, 1.165) is 53.9 Å². The molecule has 0 bridgehead atoms. The van der Waals surface area contributed by atoms with Crippen molar-refractivity contribution in [2.45, 2.75) is 26.2 Å². The zero-order valence-corrected chi connectivity index (χ0v) is 12.5. The summed E-state index contributed by atoms with van der Waals surface area (Å²) in [6.07, 6.45) is 4.90. The second-order valence-electron chi connectivity index (χ2n) is 4.84. The van der Waals surface area contributed by atoms with Gasteiger partial charge in [-0.2, -0.15) is 0 Å². The van der Waals surface area contributed by atoms with E-state index >= 15 is 0 Å². The van der Waals surface area contributed by atoms with Gasteiger partial charge in [-0.3, -0.25) is 9.20 Å². The molecule has 3 rings (SSSR count).